The van der Waals surface area contributed by atoms with Gasteiger partial charge in [0.2, 0.25) is 5.91 Å². The Kier molecular flexibility index (Phi) is 5.98. The van der Waals surface area contributed by atoms with Crippen LogP contribution < -0.4 is 11.1 Å². The molecule has 1 amide bonds. The highest BCUT2D eigenvalue weighted by atomic mass is 19.4. The van der Waals surface area contributed by atoms with E-state index in [1.165, 1.54) is 0 Å². The molecule has 1 unspecified atom stereocenters. The fourth-order valence-corrected chi connectivity index (χ4v) is 2.32. The van der Waals surface area contributed by atoms with Crippen LogP contribution in [0.15, 0.2) is 54.6 Å². The van der Waals surface area contributed by atoms with Gasteiger partial charge in [0.1, 0.15) is 0 Å². The van der Waals surface area contributed by atoms with Gasteiger partial charge < -0.3 is 11.1 Å². The number of carbonyl (C=O) groups is 1. The molecule has 0 aliphatic rings. The monoisotopic (exact) mass is 336 g/mol. The van der Waals surface area contributed by atoms with Crippen LogP contribution in [0, 0.1) is 0 Å². The molecule has 0 aliphatic carbocycles. The lowest BCUT2D eigenvalue weighted by molar-refractivity contribution is -0.134. The van der Waals surface area contributed by atoms with E-state index in [0.29, 0.717) is 11.3 Å². The first-order valence-corrected chi connectivity index (χ1v) is 7.59. The van der Waals surface area contributed by atoms with Gasteiger partial charge in [0.15, 0.2) is 0 Å². The van der Waals surface area contributed by atoms with Gasteiger partial charge in [-0.2, -0.15) is 13.2 Å². The van der Waals surface area contributed by atoms with Crippen molar-refractivity contribution in [2.75, 3.05) is 5.32 Å². The molecule has 0 heterocycles. The van der Waals surface area contributed by atoms with Gasteiger partial charge in [-0.15, -0.1) is 0 Å². The van der Waals surface area contributed by atoms with Crippen LogP contribution in [0.4, 0.5) is 18.9 Å². The van der Waals surface area contributed by atoms with E-state index in [0.717, 1.165) is 5.56 Å². The molecule has 0 spiro atoms. The van der Waals surface area contributed by atoms with Gasteiger partial charge >= 0.3 is 6.18 Å². The fraction of sp³-hybridized carbons (Fsp3) is 0.278. The number of halogens is 3. The van der Waals surface area contributed by atoms with E-state index in [-0.39, 0.29) is 18.7 Å². The molecule has 2 aromatic carbocycles. The van der Waals surface area contributed by atoms with Crippen LogP contribution in [-0.4, -0.2) is 12.1 Å². The predicted molar refractivity (Wildman–Crippen MR) is 87.4 cm³/mol. The van der Waals surface area contributed by atoms with Gasteiger partial charge in [-0.25, -0.2) is 0 Å². The van der Waals surface area contributed by atoms with E-state index in [9.17, 15) is 18.0 Å². The van der Waals surface area contributed by atoms with Crippen LogP contribution in [-0.2, 0) is 11.2 Å². The molecule has 6 heteroatoms. The number of rotatable bonds is 6. The van der Waals surface area contributed by atoms with Crippen molar-refractivity contribution in [2.45, 2.75) is 31.5 Å². The lowest BCUT2D eigenvalue weighted by Crippen LogP contribution is -2.20. The molecule has 128 valence electrons. The topological polar surface area (TPSA) is 55.1 Å². The van der Waals surface area contributed by atoms with Gasteiger partial charge in [-0.3, -0.25) is 4.79 Å². The minimum absolute atomic E-state index is 0.0940. The second-order valence-corrected chi connectivity index (χ2v) is 5.59. The van der Waals surface area contributed by atoms with E-state index in [1.54, 1.807) is 24.3 Å². The Bertz CT molecular complexity index is 671. The Hall–Kier alpha value is -2.34. The van der Waals surface area contributed by atoms with Gasteiger partial charge in [0.05, 0.1) is 0 Å². The molecule has 2 aromatic rings. The minimum Gasteiger partial charge on any atom is -0.326 e. The zero-order valence-corrected chi connectivity index (χ0v) is 13.0. The molecule has 3 nitrogen and oxygen atoms in total. The molecule has 0 saturated carbocycles. The van der Waals surface area contributed by atoms with Crippen LogP contribution in [0.3, 0.4) is 0 Å². The second-order valence-electron chi connectivity index (χ2n) is 5.59. The summed E-state index contributed by atoms with van der Waals surface area (Å²) in [6, 6.07) is 15.2. The Labute approximate surface area is 138 Å². The van der Waals surface area contributed by atoms with Crippen LogP contribution in [0.5, 0.6) is 0 Å². The number of nitrogens with two attached hydrogens (primary N) is 1. The number of anilines is 1. The smallest absolute Gasteiger partial charge is 0.326 e. The third kappa shape index (κ3) is 6.04. The molecule has 24 heavy (non-hydrogen) atoms. The zero-order valence-electron chi connectivity index (χ0n) is 13.0. The van der Waals surface area contributed by atoms with Crippen molar-refractivity contribution >= 4 is 11.6 Å². The van der Waals surface area contributed by atoms with Crippen LogP contribution in [0.2, 0.25) is 0 Å². The Morgan fingerprint density at radius 3 is 2.46 bits per heavy atom. The Morgan fingerprint density at radius 1 is 1.08 bits per heavy atom. The molecular weight excluding hydrogens is 317 g/mol. The van der Waals surface area contributed by atoms with E-state index in [2.05, 4.69) is 5.32 Å². The molecule has 0 fully saturated rings. The number of benzene rings is 2. The quantitative estimate of drug-likeness (QED) is 0.830. The van der Waals surface area contributed by atoms with E-state index in [1.807, 2.05) is 30.3 Å². The number of hydrogen-bond acceptors (Lipinski definition) is 2. The molecule has 2 rings (SSSR count). The van der Waals surface area contributed by atoms with Crippen LogP contribution in [0.25, 0.3) is 0 Å². The van der Waals surface area contributed by atoms with Crippen molar-refractivity contribution in [2.24, 2.45) is 5.73 Å². The summed E-state index contributed by atoms with van der Waals surface area (Å²) >= 11 is 0. The van der Waals surface area contributed by atoms with E-state index in [4.69, 9.17) is 5.73 Å². The van der Waals surface area contributed by atoms with Gasteiger partial charge in [-0.05, 0) is 29.7 Å². The molecule has 3 N–H and O–H groups in total. The summed E-state index contributed by atoms with van der Waals surface area (Å²) in [4.78, 5) is 12.1. The molecule has 0 saturated heterocycles. The maximum absolute atomic E-state index is 12.3. The first-order valence-electron chi connectivity index (χ1n) is 7.59. The number of nitrogens with one attached hydrogen (secondary N) is 1. The number of carbonyl (C=O) groups excluding carboxylic acids is 1. The number of amides is 1. The SMILES string of the molecule is NC(CC(=O)Nc1cccc(CCC(F)(F)F)c1)c1ccccc1. The Balaban J connectivity index is 1.92. The first-order chi connectivity index (χ1) is 11.3. The number of aryl methyl sites for hydroxylation is 1. The average Bonchev–Trinajstić information content (AvgIpc) is 2.53. The summed E-state index contributed by atoms with van der Waals surface area (Å²) in [6.07, 6.45) is -5.10. The summed E-state index contributed by atoms with van der Waals surface area (Å²) in [7, 11) is 0. The minimum atomic E-state index is -4.19. The lowest BCUT2D eigenvalue weighted by Gasteiger charge is -2.13. The summed E-state index contributed by atoms with van der Waals surface area (Å²) in [5.74, 6) is -0.278. The van der Waals surface area contributed by atoms with Crippen molar-refractivity contribution in [3.8, 4) is 0 Å². The molecule has 0 aromatic heterocycles. The van der Waals surface area contributed by atoms with Crippen molar-refractivity contribution in [1.29, 1.82) is 0 Å². The standard InChI is InChI=1S/C18H19F3N2O/c19-18(20,21)10-9-13-5-4-8-15(11-13)23-17(24)12-16(22)14-6-2-1-3-7-14/h1-8,11,16H,9-10,12,22H2,(H,23,24). The number of hydrogen-bond donors (Lipinski definition) is 2. The highest BCUT2D eigenvalue weighted by Gasteiger charge is 2.26. The van der Waals surface area contributed by atoms with E-state index < -0.39 is 18.6 Å². The summed E-state index contributed by atoms with van der Waals surface area (Å²) < 4.78 is 36.8. The third-order valence-corrected chi connectivity index (χ3v) is 3.54. The Morgan fingerprint density at radius 2 is 1.79 bits per heavy atom. The molecule has 0 bridgehead atoms. The van der Waals surface area contributed by atoms with Crippen molar-refractivity contribution in [3.63, 3.8) is 0 Å². The summed E-state index contributed by atoms with van der Waals surface area (Å²) in [5, 5.41) is 2.68. The molecule has 0 radical (unpaired) electrons. The lowest BCUT2D eigenvalue weighted by atomic mass is 10.0. The first kappa shape index (κ1) is 18.0. The maximum atomic E-state index is 12.3. The largest absolute Gasteiger partial charge is 0.389 e. The summed E-state index contributed by atoms with van der Waals surface area (Å²) in [5.41, 5.74) is 7.84. The van der Waals surface area contributed by atoms with Crippen LogP contribution >= 0.6 is 0 Å². The zero-order chi connectivity index (χ0) is 17.6. The molecular formula is C18H19F3N2O. The highest BCUT2D eigenvalue weighted by molar-refractivity contribution is 5.91. The normalized spacial score (nSPS) is 12.7. The van der Waals surface area contributed by atoms with Gasteiger partial charge in [0.25, 0.3) is 0 Å². The van der Waals surface area contributed by atoms with Crippen LogP contribution in [0.1, 0.15) is 30.0 Å². The molecule has 0 aliphatic heterocycles. The van der Waals surface area contributed by atoms with Gasteiger partial charge in [-0.1, -0.05) is 42.5 Å². The summed E-state index contributed by atoms with van der Waals surface area (Å²) in [6.45, 7) is 0. The second kappa shape index (κ2) is 7.97. The maximum Gasteiger partial charge on any atom is 0.389 e. The average molecular weight is 336 g/mol. The van der Waals surface area contributed by atoms with Crippen molar-refractivity contribution in [1.82, 2.24) is 0 Å². The predicted octanol–water partition coefficient (Wildman–Crippen LogP) is 4.21. The molecule has 1 atom stereocenters. The van der Waals surface area contributed by atoms with Gasteiger partial charge in [0, 0.05) is 24.6 Å². The van der Waals surface area contributed by atoms with E-state index >= 15 is 0 Å². The highest BCUT2D eigenvalue weighted by Crippen LogP contribution is 2.23. The number of alkyl halides is 3. The van der Waals surface area contributed by atoms with Crippen molar-refractivity contribution < 1.29 is 18.0 Å². The van der Waals surface area contributed by atoms with Crippen molar-refractivity contribution in [3.05, 3.63) is 65.7 Å². The third-order valence-electron chi connectivity index (χ3n) is 3.54. The fourth-order valence-electron chi connectivity index (χ4n) is 2.32.